The molecule has 0 fully saturated rings. The highest BCUT2D eigenvalue weighted by Crippen LogP contribution is 2.22. The minimum atomic E-state index is -0.499. The highest BCUT2D eigenvalue weighted by atomic mass is 35.5. The zero-order valence-electron chi connectivity index (χ0n) is 12.2. The third kappa shape index (κ3) is 5.31. The van der Waals surface area contributed by atoms with E-state index in [1.807, 2.05) is 32.9 Å². The Morgan fingerprint density at radius 3 is 2.55 bits per heavy atom. The van der Waals surface area contributed by atoms with Gasteiger partial charge in [0.05, 0.1) is 6.04 Å². The molecule has 0 saturated carbocycles. The fourth-order valence-electron chi connectivity index (χ4n) is 1.72. The van der Waals surface area contributed by atoms with Gasteiger partial charge in [-0.3, -0.25) is 4.79 Å². The van der Waals surface area contributed by atoms with Gasteiger partial charge in [-0.25, -0.2) is 0 Å². The lowest BCUT2D eigenvalue weighted by molar-refractivity contribution is -0.124. The summed E-state index contributed by atoms with van der Waals surface area (Å²) < 4.78 is 0. The molecule has 1 aromatic rings. The normalized spacial score (nSPS) is 13.1. The molecule has 0 spiro atoms. The van der Waals surface area contributed by atoms with Gasteiger partial charge in [0, 0.05) is 16.6 Å². The predicted molar refractivity (Wildman–Crippen MR) is 85.2 cm³/mol. The fourth-order valence-corrected chi connectivity index (χ4v) is 2.22. The van der Waals surface area contributed by atoms with E-state index in [4.69, 9.17) is 28.9 Å². The standard InChI is InChI=1S/C15H22Cl2N2O/c1-15(2,3)13(18)14(20)19-8-4-5-10-6-7-11(16)9-12(10)17/h6-7,9,13H,4-5,8,18H2,1-3H3,(H,19,20)/t13-/m1/s1. The Kier molecular flexibility index (Phi) is 6.31. The molecule has 1 rings (SSSR count). The van der Waals surface area contributed by atoms with Crippen LogP contribution in [0.5, 0.6) is 0 Å². The molecule has 20 heavy (non-hydrogen) atoms. The minimum absolute atomic E-state index is 0.111. The molecule has 5 heteroatoms. The van der Waals surface area contributed by atoms with E-state index in [1.165, 1.54) is 0 Å². The van der Waals surface area contributed by atoms with Crippen molar-refractivity contribution in [2.75, 3.05) is 6.54 Å². The van der Waals surface area contributed by atoms with Crippen molar-refractivity contribution in [3.05, 3.63) is 33.8 Å². The highest BCUT2D eigenvalue weighted by Gasteiger charge is 2.26. The average Bonchev–Trinajstić information content (AvgIpc) is 2.34. The zero-order valence-corrected chi connectivity index (χ0v) is 13.7. The van der Waals surface area contributed by atoms with E-state index in [2.05, 4.69) is 5.32 Å². The summed E-state index contributed by atoms with van der Waals surface area (Å²) in [6.45, 7) is 6.43. The van der Waals surface area contributed by atoms with Crippen molar-refractivity contribution in [1.82, 2.24) is 5.32 Å². The number of amides is 1. The molecule has 1 aromatic carbocycles. The highest BCUT2D eigenvalue weighted by molar-refractivity contribution is 6.35. The number of carbonyl (C=O) groups is 1. The summed E-state index contributed by atoms with van der Waals surface area (Å²) in [5, 5.41) is 4.15. The van der Waals surface area contributed by atoms with Crippen molar-refractivity contribution < 1.29 is 4.79 Å². The van der Waals surface area contributed by atoms with Gasteiger partial charge in [0.25, 0.3) is 0 Å². The number of hydrogen-bond acceptors (Lipinski definition) is 2. The number of benzene rings is 1. The number of carbonyl (C=O) groups excluding carboxylic acids is 1. The summed E-state index contributed by atoms with van der Waals surface area (Å²) in [6.07, 6.45) is 1.60. The van der Waals surface area contributed by atoms with Crippen LogP contribution in [-0.2, 0) is 11.2 Å². The quantitative estimate of drug-likeness (QED) is 0.818. The van der Waals surface area contributed by atoms with Crippen molar-refractivity contribution in [2.24, 2.45) is 11.1 Å². The molecule has 0 aliphatic carbocycles. The van der Waals surface area contributed by atoms with E-state index >= 15 is 0 Å². The molecule has 112 valence electrons. The molecule has 1 atom stereocenters. The number of rotatable bonds is 5. The van der Waals surface area contributed by atoms with Crippen molar-refractivity contribution in [3.8, 4) is 0 Å². The van der Waals surface area contributed by atoms with E-state index in [9.17, 15) is 4.79 Å². The fraction of sp³-hybridized carbons (Fsp3) is 0.533. The first-order valence-corrected chi connectivity index (χ1v) is 7.44. The van der Waals surface area contributed by atoms with Crippen LogP contribution in [0, 0.1) is 5.41 Å². The van der Waals surface area contributed by atoms with Crippen LogP contribution in [-0.4, -0.2) is 18.5 Å². The van der Waals surface area contributed by atoms with Gasteiger partial charge in [-0.05, 0) is 36.0 Å². The molecule has 3 N–H and O–H groups in total. The molecule has 0 radical (unpaired) electrons. The van der Waals surface area contributed by atoms with Crippen LogP contribution in [0.2, 0.25) is 10.0 Å². The van der Waals surface area contributed by atoms with Crippen LogP contribution in [0.4, 0.5) is 0 Å². The maximum atomic E-state index is 11.8. The van der Waals surface area contributed by atoms with Gasteiger partial charge in [-0.15, -0.1) is 0 Å². The topological polar surface area (TPSA) is 55.1 Å². The number of nitrogens with two attached hydrogens (primary N) is 1. The predicted octanol–water partition coefficient (Wildman–Crippen LogP) is 3.42. The molecule has 0 aliphatic heterocycles. The third-order valence-corrected chi connectivity index (χ3v) is 3.74. The SMILES string of the molecule is CC(C)(C)[C@H](N)C(=O)NCCCc1ccc(Cl)cc1Cl. The van der Waals surface area contributed by atoms with E-state index in [0.29, 0.717) is 16.6 Å². The lowest BCUT2D eigenvalue weighted by Crippen LogP contribution is -2.48. The van der Waals surface area contributed by atoms with Gasteiger partial charge in [0.1, 0.15) is 0 Å². The average molecular weight is 317 g/mol. The van der Waals surface area contributed by atoms with Gasteiger partial charge in [0.2, 0.25) is 5.91 Å². The van der Waals surface area contributed by atoms with E-state index < -0.39 is 6.04 Å². The Labute approximate surface area is 130 Å². The largest absolute Gasteiger partial charge is 0.355 e. The van der Waals surface area contributed by atoms with Gasteiger partial charge < -0.3 is 11.1 Å². The molecule has 0 aliphatic rings. The van der Waals surface area contributed by atoms with Gasteiger partial charge >= 0.3 is 0 Å². The van der Waals surface area contributed by atoms with Crippen molar-refractivity contribution in [1.29, 1.82) is 0 Å². The van der Waals surface area contributed by atoms with Crippen molar-refractivity contribution in [3.63, 3.8) is 0 Å². The van der Waals surface area contributed by atoms with Crippen LogP contribution < -0.4 is 11.1 Å². The summed E-state index contributed by atoms with van der Waals surface area (Å²) in [7, 11) is 0. The molecule has 0 aromatic heterocycles. The van der Waals surface area contributed by atoms with E-state index in [-0.39, 0.29) is 11.3 Å². The Hall–Kier alpha value is -0.770. The number of nitrogens with one attached hydrogen (secondary N) is 1. The summed E-state index contributed by atoms with van der Waals surface area (Å²) >= 11 is 11.9. The van der Waals surface area contributed by atoms with Crippen molar-refractivity contribution >= 4 is 29.1 Å². The third-order valence-electron chi connectivity index (χ3n) is 3.15. The van der Waals surface area contributed by atoms with Crippen LogP contribution in [0.15, 0.2) is 18.2 Å². The Morgan fingerprint density at radius 1 is 1.35 bits per heavy atom. The van der Waals surface area contributed by atoms with Crippen molar-refractivity contribution in [2.45, 2.75) is 39.7 Å². The number of aryl methyl sites for hydroxylation is 1. The summed E-state index contributed by atoms with van der Waals surface area (Å²) in [6, 6.07) is 4.96. The Balaban J connectivity index is 2.37. The summed E-state index contributed by atoms with van der Waals surface area (Å²) in [5.41, 5.74) is 6.68. The van der Waals surface area contributed by atoms with Crippen LogP contribution in [0.25, 0.3) is 0 Å². The lowest BCUT2D eigenvalue weighted by atomic mass is 9.87. The van der Waals surface area contributed by atoms with Crippen LogP contribution >= 0.6 is 23.2 Å². The second-order valence-electron chi connectivity index (χ2n) is 5.97. The summed E-state index contributed by atoms with van der Waals surface area (Å²) in [5.74, 6) is -0.111. The van der Waals surface area contributed by atoms with Gasteiger partial charge in [0.15, 0.2) is 0 Å². The van der Waals surface area contributed by atoms with E-state index in [0.717, 1.165) is 18.4 Å². The molecular formula is C15H22Cl2N2O. The first-order valence-electron chi connectivity index (χ1n) is 6.69. The minimum Gasteiger partial charge on any atom is -0.355 e. The molecule has 0 bridgehead atoms. The second kappa shape index (κ2) is 7.30. The van der Waals surface area contributed by atoms with Gasteiger partial charge in [-0.2, -0.15) is 0 Å². The van der Waals surface area contributed by atoms with Crippen LogP contribution in [0.3, 0.4) is 0 Å². The molecule has 1 amide bonds. The molecule has 0 heterocycles. The number of halogens is 2. The zero-order chi connectivity index (χ0) is 15.3. The maximum Gasteiger partial charge on any atom is 0.237 e. The Morgan fingerprint density at radius 2 is 2.00 bits per heavy atom. The van der Waals surface area contributed by atoms with E-state index in [1.54, 1.807) is 6.07 Å². The maximum absolute atomic E-state index is 11.8. The van der Waals surface area contributed by atoms with Crippen LogP contribution in [0.1, 0.15) is 32.8 Å². The number of hydrogen-bond donors (Lipinski definition) is 2. The smallest absolute Gasteiger partial charge is 0.237 e. The monoisotopic (exact) mass is 316 g/mol. The first kappa shape index (κ1) is 17.3. The summed E-state index contributed by atoms with van der Waals surface area (Å²) in [4.78, 5) is 11.8. The molecular weight excluding hydrogens is 295 g/mol. The molecule has 3 nitrogen and oxygen atoms in total. The molecule has 0 unspecified atom stereocenters. The first-order chi connectivity index (χ1) is 9.21. The second-order valence-corrected chi connectivity index (χ2v) is 6.82. The van der Waals surface area contributed by atoms with Gasteiger partial charge in [-0.1, -0.05) is 50.0 Å². The lowest BCUT2D eigenvalue weighted by Gasteiger charge is -2.25. The molecule has 0 saturated heterocycles. The Bertz CT molecular complexity index is 469.